The Morgan fingerprint density at radius 2 is 1.64 bits per heavy atom. The normalized spacial score (nSPS) is 22.6. The Labute approximate surface area is 250 Å². The van der Waals surface area contributed by atoms with Gasteiger partial charge in [0.15, 0.2) is 11.4 Å². The van der Waals surface area contributed by atoms with Gasteiger partial charge in [0.1, 0.15) is 28.6 Å². The molecule has 3 aromatic rings. The van der Waals surface area contributed by atoms with E-state index in [-0.39, 0.29) is 35.6 Å². The highest BCUT2D eigenvalue weighted by molar-refractivity contribution is 6.22. The number of hydrogen-bond acceptors (Lipinski definition) is 9. The number of aliphatic hydroxyl groups is 3. The van der Waals surface area contributed by atoms with Gasteiger partial charge in [0, 0.05) is 29.2 Å². The monoisotopic (exact) mass is 596 g/mol. The highest BCUT2D eigenvalue weighted by atomic mass is 16.5. The Morgan fingerprint density at radius 3 is 2.27 bits per heavy atom. The second kappa shape index (κ2) is 10.4. The largest absolute Gasteiger partial charge is 0.508 e. The molecule has 3 aliphatic carbocycles. The number of phenolic OH excluding ortho intramolecular Hbond substituents is 1. The minimum Gasteiger partial charge on any atom is -0.508 e. The number of primary amides is 1. The maximum Gasteiger partial charge on any atom is 0.255 e. The first-order chi connectivity index (χ1) is 20.9. The first-order valence-electron chi connectivity index (χ1n) is 13.8. The van der Waals surface area contributed by atoms with Gasteiger partial charge in [-0.2, -0.15) is 0 Å². The predicted molar refractivity (Wildman–Crippen MR) is 158 cm³/mol. The van der Waals surface area contributed by atoms with Crippen molar-refractivity contribution >= 4 is 34.8 Å². The molecule has 7 N–H and O–H groups in total. The third kappa shape index (κ3) is 4.32. The number of aliphatic hydroxyl groups excluding tert-OH is 2. The number of anilines is 1. The summed E-state index contributed by atoms with van der Waals surface area (Å²) in [6, 6.07) is 16.7. The van der Waals surface area contributed by atoms with Crippen molar-refractivity contribution in [1.82, 2.24) is 0 Å². The van der Waals surface area contributed by atoms with Gasteiger partial charge in [-0.3, -0.25) is 19.2 Å². The molecule has 11 nitrogen and oxygen atoms in total. The van der Waals surface area contributed by atoms with Crippen molar-refractivity contribution in [3.05, 3.63) is 94.3 Å². The number of rotatable bonds is 5. The van der Waals surface area contributed by atoms with Crippen LogP contribution in [0.15, 0.2) is 77.6 Å². The number of fused-ring (bicyclic) bond motifs is 3. The average Bonchev–Trinajstić information content (AvgIpc) is 2.99. The summed E-state index contributed by atoms with van der Waals surface area (Å²) < 4.78 is 5.12. The molecular weight excluding hydrogens is 568 g/mol. The molecule has 3 unspecified atom stereocenters. The molecule has 1 fully saturated rings. The number of phenols is 1. The zero-order valence-electron chi connectivity index (χ0n) is 23.5. The maximum absolute atomic E-state index is 13.7. The van der Waals surface area contributed by atoms with Crippen LogP contribution in [0.25, 0.3) is 16.9 Å². The van der Waals surface area contributed by atoms with Crippen LogP contribution in [0.1, 0.15) is 34.3 Å². The molecule has 0 aliphatic heterocycles. The van der Waals surface area contributed by atoms with E-state index in [2.05, 4.69) is 5.32 Å². The number of carbonyl (C=O) groups is 4. The van der Waals surface area contributed by atoms with E-state index < -0.39 is 58.4 Å². The number of ketones is 2. The van der Waals surface area contributed by atoms with Gasteiger partial charge in [0.25, 0.3) is 11.8 Å². The van der Waals surface area contributed by atoms with Crippen LogP contribution in [0.4, 0.5) is 5.69 Å². The number of nitrogens with two attached hydrogens (primary N) is 1. The van der Waals surface area contributed by atoms with E-state index in [1.54, 1.807) is 54.6 Å². The van der Waals surface area contributed by atoms with Crippen LogP contribution in [-0.2, 0) is 20.8 Å². The van der Waals surface area contributed by atoms with Gasteiger partial charge in [-0.25, -0.2) is 0 Å². The molecule has 44 heavy (non-hydrogen) atoms. The quantitative estimate of drug-likeness (QED) is 0.239. The molecule has 6 rings (SSSR count). The lowest BCUT2D eigenvalue weighted by Gasteiger charge is -2.46. The summed E-state index contributed by atoms with van der Waals surface area (Å²) >= 11 is 0. The summed E-state index contributed by atoms with van der Waals surface area (Å²) in [7, 11) is 1.54. The Kier molecular flexibility index (Phi) is 6.77. The van der Waals surface area contributed by atoms with Crippen LogP contribution >= 0.6 is 0 Å². The van der Waals surface area contributed by atoms with Gasteiger partial charge in [0.05, 0.1) is 12.7 Å². The molecule has 1 saturated carbocycles. The van der Waals surface area contributed by atoms with Crippen molar-refractivity contribution in [2.75, 3.05) is 12.4 Å². The standard InChI is InChI=1S/C33H28N2O9/c1-44-20-8-4-16(5-9-20)32(42)35-19-6-2-15(3-7-19)21-10-11-23(36)26-22(21)13-17-12-18-14-24(37)27(31(34)41)30(40)33(18,43)29(39)25(17)28(26)38/h2-11,17-18,36,38,40,43H,12-14H2,1H3,(H2,34,41)(H,35,42). The summed E-state index contributed by atoms with van der Waals surface area (Å²) in [6.45, 7) is 0. The van der Waals surface area contributed by atoms with E-state index in [4.69, 9.17) is 10.5 Å². The van der Waals surface area contributed by atoms with Crippen LogP contribution in [0, 0.1) is 11.8 Å². The molecule has 0 bridgehead atoms. The van der Waals surface area contributed by atoms with Crippen molar-refractivity contribution in [1.29, 1.82) is 0 Å². The fraction of sp³-hybridized carbons (Fsp3) is 0.212. The number of hydrogen-bond donors (Lipinski definition) is 6. The van der Waals surface area contributed by atoms with E-state index in [0.717, 1.165) is 0 Å². The summed E-state index contributed by atoms with van der Waals surface area (Å²) in [5.74, 6) is -6.44. The first kappa shape index (κ1) is 28.7. The zero-order valence-corrected chi connectivity index (χ0v) is 23.5. The molecule has 0 radical (unpaired) electrons. The van der Waals surface area contributed by atoms with E-state index in [1.807, 2.05) is 0 Å². The van der Waals surface area contributed by atoms with Crippen molar-refractivity contribution < 1.29 is 44.3 Å². The predicted octanol–water partition coefficient (Wildman–Crippen LogP) is 3.35. The fourth-order valence-corrected chi connectivity index (χ4v) is 6.57. The van der Waals surface area contributed by atoms with Gasteiger partial charge in [-0.05, 0) is 77.9 Å². The van der Waals surface area contributed by atoms with Gasteiger partial charge >= 0.3 is 0 Å². The number of amides is 2. The molecule has 0 aromatic heterocycles. The van der Waals surface area contributed by atoms with Gasteiger partial charge in [-0.1, -0.05) is 18.2 Å². The Balaban J connectivity index is 1.34. The minimum atomic E-state index is -2.62. The summed E-state index contributed by atoms with van der Waals surface area (Å²) in [6.07, 6.45) is -0.180. The van der Waals surface area contributed by atoms with Gasteiger partial charge in [0.2, 0.25) is 5.78 Å². The Bertz CT molecular complexity index is 1820. The summed E-state index contributed by atoms with van der Waals surface area (Å²) in [4.78, 5) is 50.8. The van der Waals surface area contributed by atoms with Crippen LogP contribution in [0.2, 0.25) is 0 Å². The Hall–Kier alpha value is -5.42. The number of benzene rings is 3. The molecule has 3 aromatic carbocycles. The van der Waals surface area contributed by atoms with Crippen molar-refractivity contribution in [3.8, 4) is 22.6 Å². The third-order valence-electron chi connectivity index (χ3n) is 8.75. The maximum atomic E-state index is 13.7. The smallest absolute Gasteiger partial charge is 0.255 e. The lowest BCUT2D eigenvalue weighted by Crippen LogP contribution is -2.58. The number of methoxy groups -OCH3 is 1. The molecule has 3 atom stereocenters. The average molecular weight is 597 g/mol. The SMILES string of the molecule is COc1ccc(C(=O)Nc2ccc(-c3ccc(O)c4c3CC3CC5CC(=O)C(C(N)=O)=C(O)C5(O)C(=O)C3=C4O)cc2)cc1. The van der Waals surface area contributed by atoms with Crippen molar-refractivity contribution in [3.63, 3.8) is 0 Å². The van der Waals surface area contributed by atoms with Crippen LogP contribution in [0.5, 0.6) is 11.5 Å². The van der Waals surface area contributed by atoms with Crippen molar-refractivity contribution in [2.45, 2.75) is 24.9 Å². The molecule has 3 aliphatic rings. The Morgan fingerprint density at radius 1 is 0.955 bits per heavy atom. The third-order valence-corrected chi connectivity index (χ3v) is 8.75. The van der Waals surface area contributed by atoms with E-state index in [0.29, 0.717) is 33.7 Å². The van der Waals surface area contributed by atoms with E-state index in [9.17, 15) is 39.6 Å². The fourth-order valence-electron chi connectivity index (χ4n) is 6.57. The lowest BCUT2D eigenvalue weighted by atomic mass is 9.59. The second-order valence-corrected chi connectivity index (χ2v) is 11.2. The molecular formula is C33H28N2O9. The molecule has 0 spiro atoms. The summed E-state index contributed by atoms with van der Waals surface area (Å²) in [5, 5.41) is 47.1. The first-order valence-corrected chi connectivity index (χ1v) is 13.8. The molecule has 2 amide bonds. The molecule has 0 saturated heterocycles. The number of aromatic hydroxyl groups is 1. The topological polar surface area (TPSA) is 196 Å². The highest BCUT2D eigenvalue weighted by Crippen LogP contribution is 2.53. The van der Waals surface area contributed by atoms with Crippen LogP contribution in [-0.4, -0.2) is 56.5 Å². The number of Topliss-reactive ketones (excluding diaryl/α,β-unsaturated/α-hetero) is 2. The van der Waals surface area contributed by atoms with E-state index in [1.165, 1.54) is 13.2 Å². The summed E-state index contributed by atoms with van der Waals surface area (Å²) in [5.41, 5.74) is 4.48. The zero-order chi connectivity index (χ0) is 31.5. The molecule has 224 valence electrons. The number of nitrogens with one attached hydrogen (secondary N) is 1. The van der Waals surface area contributed by atoms with Crippen molar-refractivity contribution in [2.24, 2.45) is 17.6 Å². The lowest BCUT2D eigenvalue weighted by molar-refractivity contribution is -0.147. The van der Waals surface area contributed by atoms with Crippen LogP contribution in [0.3, 0.4) is 0 Å². The minimum absolute atomic E-state index is 0.00603. The number of carbonyl (C=O) groups excluding carboxylic acids is 4. The van der Waals surface area contributed by atoms with Crippen LogP contribution < -0.4 is 15.8 Å². The van der Waals surface area contributed by atoms with Gasteiger partial charge < -0.3 is 36.2 Å². The second-order valence-electron chi connectivity index (χ2n) is 11.2. The molecule has 11 heteroatoms. The highest BCUT2D eigenvalue weighted by Gasteiger charge is 2.60. The number of ether oxygens (including phenoxy) is 1. The van der Waals surface area contributed by atoms with E-state index >= 15 is 0 Å². The molecule has 0 heterocycles. The van der Waals surface area contributed by atoms with Gasteiger partial charge in [-0.15, -0.1) is 0 Å².